The second-order valence-corrected chi connectivity index (χ2v) is 14.2. The first kappa shape index (κ1) is 36.2. The average molecular weight is 720 g/mol. The number of non-ortho nitro benzene ring substituents is 1. The number of esters is 1. The first-order valence-electron chi connectivity index (χ1n) is 15.9. The minimum atomic E-state index is -4.42. The zero-order valence-corrected chi connectivity index (χ0v) is 29.1. The van der Waals surface area contributed by atoms with Crippen LogP contribution in [0.2, 0.25) is 5.02 Å². The monoisotopic (exact) mass is 719 g/mol. The summed E-state index contributed by atoms with van der Waals surface area (Å²) in [4.78, 5) is 34.6. The summed E-state index contributed by atoms with van der Waals surface area (Å²) in [5, 5.41) is 14.8. The van der Waals surface area contributed by atoms with Crippen LogP contribution < -0.4 is 5.32 Å². The van der Waals surface area contributed by atoms with Crippen LogP contribution in [0.4, 0.5) is 10.1 Å². The van der Waals surface area contributed by atoms with E-state index in [2.05, 4.69) is 10.1 Å². The third-order valence-corrected chi connectivity index (χ3v) is 10.5. The third kappa shape index (κ3) is 7.56. The van der Waals surface area contributed by atoms with Gasteiger partial charge in [-0.15, -0.1) is 0 Å². The molecule has 1 heterocycles. The lowest BCUT2D eigenvalue weighted by Gasteiger charge is -2.28. The maximum absolute atomic E-state index is 15.9. The van der Waals surface area contributed by atoms with Crippen molar-refractivity contribution in [3.8, 4) is 0 Å². The highest BCUT2D eigenvalue weighted by atomic mass is 35.5. The lowest BCUT2D eigenvalue weighted by molar-refractivity contribution is -0.384. The fraction of sp³-hybridized carbons (Fsp3) is 0.243. The van der Waals surface area contributed by atoms with Crippen molar-refractivity contribution in [1.29, 1.82) is 0 Å². The van der Waals surface area contributed by atoms with Crippen molar-refractivity contribution >= 4 is 50.1 Å². The number of hydrogen-bond donors (Lipinski definition) is 1. The summed E-state index contributed by atoms with van der Waals surface area (Å²) in [6.45, 7) is 3.87. The summed E-state index contributed by atoms with van der Waals surface area (Å²) in [5.41, 5.74) is 2.79. The number of halogens is 2. The molecular weight excluding hydrogens is 685 g/mol. The Morgan fingerprint density at radius 2 is 1.64 bits per heavy atom. The molecule has 4 aromatic carbocycles. The van der Waals surface area contributed by atoms with Gasteiger partial charge in [-0.05, 0) is 90.0 Å². The van der Waals surface area contributed by atoms with Crippen molar-refractivity contribution in [2.24, 2.45) is 0 Å². The lowest BCUT2D eigenvalue weighted by atomic mass is 9.75. The van der Waals surface area contributed by atoms with E-state index < -0.39 is 32.7 Å². The molecule has 2 atom stereocenters. The normalized spacial score (nSPS) is 12.7. The number of benzene rings is 4. The number of aryl methyl sites for hydroxylation is 1. The molecule has 13 heteroatoms. The molecule has 0 aliphatic heterocycles. The Hall–Kier alpha value is -5.07. The molecule has 1 N–H and O–H groups in total. The first-order valence-corrected chi connectivity index (χ1v) is 17.7. The van der Waals surface area contributed by atoms with Gasteiger partial charge >= 0.3 is 5.97 Å². The molecular formula is C37H35ClFN3O7S. The summed E-state index contributed by atoms with van der Waals surface area (Å²) in [7, 11) is -3.14. The Morgan fingerprint density at radius 1 is 1.00 bits per heavy atom. The predicted molar refractivity (Wildman–Crippen MR) is 189 cm³/mol. The van der Waals surface area contributed by atoms with E-state index in [1.54, 1.807) is 37.3 Å². The Labute approximate surface area is 294 Å². The molecule has 0 aliphatic carbocycles. The molecule has 0 spiro atoms. The minimum absolute atomic E-state index is 0.0370. The van der Waals surface area contributed by atoms with E-state index in [1.165, 1.54) is 19.4 Å². The van der Waals surface area contributed by atoms with Crippen molar-refractivity contribution in [1.82, 2.24) is 9.29 Å². The van der Waals surface area contributed by atoms with Crippen molar-refractivity contribution in [3.63, 3.8) is 0 Å². The van der Waals surface area contributed by atoms with Gasteiger partial charge in [0.05, 0.1) is 23.3 Å². The van der Waals surface area contributed by atoms with Crippen LogP contribution in [0.25, 0.3) is 10.9 Å². The van der Waals surface area contributed by atoms with E-state index in [0.29, 0.717) is 33.5 Å². The van der Waals surface area contributed by atoms with Gasteiger partial charge in [-0.1, -0.05) is 49.2 Å². The molecule has 0 aliphatic rings. The molecule has 0 saturated carbocycles. The first-order chi connectivity index (χ1) is 23.8. The summed E-state index contributed by atoms with van der Waals surface area (Å²) in [6.07, 6.45) is 2.87. The van der Waals surface area contributed by atoms with Crippen LogP contribution in [0.1, 0.15) is 70.6 Å². The van der Waals surface area contributed by atoms with Crippen molar-refractivity contribution in [3.05, 3.63) is 140 Å². The minimum Gasteiger partial charge on any atom is -0.469 e. The number of nitro groups is 1. The number of hydrogen-bond acceptors (Lipinski definition) is 7. The highest BCUT2D eigenvalue weighted by Crippen LogP contribution is 2.46. The predicted octanol–water partition coefficient (Wildman–Crippen LogP) is 7.90. The van der Waals surface area contributed by atoms with Gasteiger partial charge in [-0.2, -0.15) is 0 Å². The van der Waals surface area contributed by atoms with E-state index in [0.717, 1.165) is 45.8 Å². The molecule has 0 fully saturated rings. The number of carbonyl (C=O) groups excluding carboxylic acids is 2. The topological polar surface area (TPSA) is 138 Å². The Morgan fingerprint density at radius 3 is 2.24 bits per heavy atom. The van der Waals surface area contributed by atoms with E-state index in [9.17, 15) is 28.1 Å². The fourth-order valence-corrected chi connectivity index (χ4v) is 7.74. The highest BCUT2D eigenvalue weighted by molar-refractivity contribution is 7.90. The van der Waals surface area contributed by atoms with Gasteiger partial charge in [-0.25, -0.2) is 16.8 Å². The summed E-state index contributed by atoms with van der Waals surface area (Å²) in [6, 6.07) is 21.8. The van der Waals surface area contributed by atoms with Gasteiger partial charge in [0.1, 0.15) is 11.3 Å². The number of rotatable bonds is 13. The van der Waals surface area contributed by atoms with Crippen molar-refractivity contribution < 1.29 is 32.1 Å². The molecule has 50 heavy (non-hydrogen) atoms. The van der Waals surface area contributed by atoms with Crippen LogP contribution in [-0.2, 0) is 19.6 Å². The molecule has 1 aromatic heterocycles. The number of carbonyl (C=O) groups is 2. The van der Waals surface area contributed by atoms with Gasteiger partial charge in [0.15, 0.2) is 0 Å². The number of nitrogens with zero attached hydrogens (tertiary/aromatic N) is 2. The van der Waals surface area contributed by atoms with Crippen molar-refractivity contribution in [2.45, 2.75) is 49.8 Å². The number of fused-ring (bicyclic) bond motifs is 1. The van der Waals surface area contributed by atoms with E-state index in [-0.39, 0.29) is 40.9 Å². The largest absolute Gasteiger partial charge is 0.469 e. The maximum atomic E-state index is 15.9. The molecule has 0 unspecified atom stereocenters. The van der Waals surface area contributed by atoms with Gasteiger partial charge < -0.3 is 10.1 Å². The molecule has 0 radical (unpaired) electrons. The molecule has 10 nitrogen and oxygen atoms in total. The molecule has 5 aromatic rings. The molecule has 0 saturated heterocycles. The van der Waals surface area contributed by atoms with Crippen LogP contribution in [0.15, 0.2) is 96.0 Å². The Bertz CT molecular complexity index is 2150. The summed E-state index contributed by atoms with van der Waals surface area (Å²) >= 11 is 6.29. The van der Waals surface area contributed by atoms with Crippen LogP contribution in [-0.4, -0.2) is 42.8 Å². The van der Waals surface area contributed by atoms with Crippen LogP contribution >= 0.6 is 11.6 Å². The third-order valence-electron chi connectivity index (χ3n) is 8.61. The standard InChI is InChI=1S/C37H35ClFN3O7S/c1-4-5-30(24-6-8-26(9-7-24)37(44)40-19-18-34(43)49-3)35(25-10-12-27(38)13-11-25)32-22-41(36-31(32)20-23(2)21-33(36)39)50(47,48)29-16-14-28(15-17-29)42(45)46/h6-17,20-22,30,35H,4-5,18-19H2,1-3H3,(H,40,44)/t30-,35+/m1/s1. The Balaban J connectivity index is 1.66. The summed E-state index contributed by atoms with van der Waals surface area (Å²) in [5.74, 6) is -2.28. The van der Waals surface area contributed by atoms with E-state index >= 15 is 4.39 Å². The highest BCUT2D eigenvalue weighted by Gasteiger charge is 2.33. The van der Waals surface area contributed by atoms with Gasteiger partial charge in [0.25, 0.3) is 21.6 Å². The van der Waals surface area contributed by atoms with E-state index in [4.69, 9.17) is 11.6 Å². The number of nitrogens with one attached hydrogen (secondary N) is 1. The lowest BCUT2D eigenvalue weighted by Crippen LogP contribution is -2.26. The average Bonchev–Trinajstić information content (AvgIpc) is 3.49. The van der Waals surface area contributed by atoms with Crippen molar-refractivity contribution in [2.75, 3.05) is 13.7 Å². The SMILES string of the molecule is CCC[C@H](c1ccc(C(=O)NCCC(=O)OC)cc1)[C@H](c1ccc(Cl)cc1)c1cn(S(=O)(=O)c2ccc([N+](=O)[O-])cc2)c2c(F)cc(C)cc12. The number of aromatic nitrogens is 1. The van der Waals surface area contributed by atoms with Gasteiger partial charge in [0, 0.05) is 46.8 Å². The van der Waals surface area contributed by atoms with Crippen LogP contribution in [0.3, 0.4) is 0 Å². The second-order valence-electron chi connectivity index (χ2n) is 11.9. The zero-order valence-electron chi connectivity index (χ0n) is 27.6. The molecule has 260 valence electrons. The summed E-state index contributed by atoms with van der Waals surface area (Å²) < 4.78 is 49.7. The van der Waals surface area contributed by atoms with Gasteiger partial charge in [0.2, 0.25) is 0 Å². The number of amides is 1. The Kier molecular flexibility index (Phi) is 11.0. The van der Waals surface area contributed by atoms with Gasteiger partial charge in [-0.3, -0.25) is 19.7 Å². The molecule has 1 amide bonds. The van der Waals surface area contributed by atoms with Crippen LogP contribution in [0.5, 0.6) is 0 Å². The maximum Gasteiger partial charge on any atom is 0.307 e. The van der Waals surface area contributed by atoms with E-state index in [1.807, 2.05) is 31.2 Å². The quantitative estimate of drug-likeness (QED) is 0.0742. The second kappa shape index (κ2) is 15.2. The fourth-order valence-electron chi connectivity index (χ4n) is 6.23. The molecule has 0 bridgehead atoms. The number of ether oxygens (including phenoxy) is 1. The number of nitro benzene ring substituents is 1. The number of methoxy groups -OCH3 is 1. The zero-order chi connectivity index (χ0) is 36.2. The van der Waals surface area contributed by atoms with Crippen LogP contribution in [0, 0.1) is 22.9 Å². The molecule has 5 rings (SSSR count). The smallest absolute Gasteiger partial charge is 0.307 e.